The van der Waals surface area contributed by atoms with Crippen LogP contribution in [0.25, 0.3) is 44.5 Å². The van der Waals surface area contributed by atoms with Gasteiger partial charge in [0.1, 0.15) is 0 Å². The predicted molar refractivity (Wildman–Crippen MR) is 560 cm³/mol. The summed E-state index contributed by atoms with van der Waals surface area (Å²) < 4.78 is 127. The van der Waals surface area contributed by atoms with Crippen molar-refractivity contribution in [3.63, 3.8) is 0 Å². The first-order valence-corrected chi connectivity index (χ1v) is 55.7. The number of hydrogen-bond donors (Lipinski definition) is 2. The average molecular weight is 1960 g/mol. The Morgan fingerprint density at radius 1 is 0.250 bits per heavy atom. The van der Waals surface area contributed by atoms with Crippen LogP contribution in [0.5, 0.6) is 0 Å². The molecule has 8 heterocycles. The summed E-state index contributed by atoms with van der Waals surface area (Å²) in [7, 11) is -10.8. The molecule has 20 rings (SSSR count). The normalized spacial score (nSPS) is 23.7. The number of benzene rings is 12. The molecule has 20 nitrogen and oxygen atoms in total. The lowest BCUT2D eigenvalue weighted by Crippen LogP contribution is -2.68. The van der Waals surface area contributed by atoms with E-state index < -0.39 is 40.1 Å². The van der Waals surface area contributed by atoms with Gasteiger partial charge in [-0.25, -0.2) is 33.7 Å². The van der Waals surface area contributed by atoms with E-state index in [-0.39, 0.29) is 85.2 Å². The van der Waals surface area contributed by atoms with Gasteiger partial charge in [-0.2, -0.15) is 17.2 Å². The van der Waals surface area contributed by atoms with Gasteiger partial charge in [-0.05, 0) is 232 Å². The first-order chi connectivity index (χ1) is 67.8. The second-order valence-corrected chi connectivity index (χ2v) is 46.8. The van der Waals surface area contributed by atoms with E-state index >= 15 is 0 Å². The summed E-state index contributed by atoms with van der Waals surface area (Å²) in [4.78, 5) is 11.2. The van der Waals surface area contributed by atoms with Crippen LogP contribution in [-0.2, 0) is 49.6 Å². The van der Waals surface area contributed by atoms with Gasteiger partial charge in [0.25, 0.3) is 0 Å². The second-order valence-electron chi connectivity index (χ2n) is 39.2. The number of methoxy groups -OCH3 is 2. The summed E-state index contributed by atoms with van der Waals surface area (Å²) in [6.45, 7) is 20.9. The molecule has 8 saturated heterocycles. The third kappa shape index (κ3) is 21.7. The highest BCUT2D eigenvalue weighted by molar-refractivity contribution is 7.90. The van der Waals surface area contributed by atoms with Gasteiger partial charge < -0.3 is 19.7 Å². The Kier molecular flexibility index (Phi) is 32.8. The Morgan fingerprint density at radius 3 is 0.707 bits per heavy atom. The molecule has 0 aromatic heterocycles. The fourth-order valence-corrected chi connectivity index (χ4v) is 30.1. The Bertz CT molecular complexity index is 6670. The van der Waals surface area contributed by atoms with Crippen LogP contribution in [0.15, 0.2) is 323 Å². The van der Waals surface area contributed by atoms with Crippen molar-refractivity contribution in [2.75, 3.05) is 119 Å². The number of aliphatic hydroxyl groups is 2. The van der Waals surface area contributed by atoms with Gasteiger partial charge in [-0.3, -0.25) is 19.6 Å². The lowest BCUT2D eigenvalue weighted by molar-refractivity contribution is -0.0635. The van der Waals surface area contributed by atoms with Crippen molar-refractivity contribution in [2.24, 2.45) is 0 Å². The average Bonchev–Trinajstić information content (AvgIpc) is 0.743. The molecule has 736 valence electrons. The van der Waals surface area contributed by atoms with Gasteiger partial charge in [0.15, 0.2) is 0 Å². The smallest absolute Gasteiger partial charge is 0.243 e. The van der Waals surface area contributed by atoms with Gasteiger partial charge in [0.2, 0.25) is 40.1 Å². The van der Waals surface area contributed by atoms with Crippen molar-refractivity contribution in [3.8, 4) is 44.5 Å². The number of sulfonamides is 4. The first kappa shape index (κ1) is 101. The zero-order valence-electron chi connectivity index (χ0n) is 82.0. The van der Waals surface area contributed by atoms with Gasteiger partial charge in [-0.1, -0.05) is 290 Å². The summed E-state index contributed by atoms with van der Waals surface area (Å²) in [6.07, 6.45) is 7.18. The molecule has 0 aliphatic carbocycles. The van der Waals surface area contributed by atoms with Gasteiger partial charge >= 0.3 is 0 Å². The maximum atomic E-state index is 13.7. The summed E-state index contributed by atoms with van der Waals surface area (Å²) in [5, 5.41) is 20.5. The van der Waals surface area contributed by atoms with E-state index in [1.54, 1.807) is 67.8 Å². The Balaban J connectivity index is 0.000000129. The fraction of sp³-hybridized carbons (Fsp3) is 0.379. The molecule has 0 unspecified atom stereocenters. The van der Waals surface area contributed by atoms with Crippen molar-refractivity contribution in [1.29, 1.82) is 0 Å². The summed E-state index contributed by atoms with van der Waals surface area (Å²) in [5.74, 6) is 0.651. The first-order valence-electron chi connectivity index (χ1n) is 49.9. The van der Waals surface area contributed by atoms with Crippen molar-refractivity contribution in [3.05, 3.63) is 359 Å². The number of ether oxygens (including phenoxy) is 2. The molecule has 2 N–H and O–H groups in total. The van der Waals surface area contributed by atoms with Crippen LogP contribution in [0.3, 0.4) is 0 Å². The van der Waals surface area contributed by atoms with E-state index in [2.05, 4.69) is 215 Å². The molecular weight excluding hydrogens is 1830 g/mol. The largest absolute Gasteiger partial charge is 0.395 e. The maximum Gasteiger partial charge on any atom is 0.243 e. The van der Waals surface area contributed by atoms with Crippen LogP contribution >= 0.6 is 0 Å². The molecular formula is C116H136N8O12S4. The molecule has 0 radical (unpaired) electrons. The lowest BCUT2D eigenvalue weighted by Gasteiger charge is -2.57. The minimum atomic E-state index is -3.59. The minimum absolute atomic E-state index is 0.0194. The van der Waals surface area contributed by atoms with E-state index in [4.69, 9.17) is 9.47 Å². The van der Waals surface area contributed by atoms with Crippen LogP contribution in [0, 0.1) is 41.5 Å². The third-order valence-electron chi connectivity index (χ3n) is 30.6. The third-order valence-corrected chi connectivity index (χ3v) is 38.7. The highest BCUT2D eigenvalue weighted by Gasteiger charge is 2.55. The molecule has 0 saturated carbocycles. The minimum Gasteiger partial charge on any atom is -0.395 e. The maximum absolute atomic E-state index is 13.7. The molecule has 0 spiro atoms. The van der Waals surface area contributed by atoms with Crippen LogP contribution in [0.2, 0.25) is 0 Å². The van der Waals surface area contributed by atoms with Gasteiger partial charge in [0.05, 0.1) is 46.0 Å². The number of fused-ring (bicyclic) bond motifs is 4. The lowest BCUT2D eigenvalue weighted by atomic mass is 9.74. The molecule has 12 aromatic carbocycles. The molecule has 8 fully saturated rings. The molecule has 12 atom stereocenters. The number of aliphatic hydroxyl groups excluding tert-OH is 2. The van der Waals surface area contributed by atoms with Crippen molar-refractivity contribution < 1.29 is 53.4 Å². The molecule has 0 bridgehead atoms. The molecule has 8 aliphatic rings. The van der Waals surface area contributed by atoms with Crippen LogP contribution < -0.4 is 0 Å². The zero-order chi connectivity index (χ0) is 98.0. The van der Waals surface area contributed by atoms with E-state index in [0.29, 0.717) is 85.2 Å². The van der Waals surface area contributed by atoms with E-state index in [1.165, 1.54) is 55.6 Å². The van der Waals surface area contributed by atoms with E-state index in [0.717, 1.165) is 122 Å². The molecule has 140 heavy (non-hydrogen) atoms. The van der Waals surface area contributed by atoms with Gasteiger partial charge in [-0.15, -0.1) is 0 Å². The van der Waals surface area contributed by atoms with Crippen molar-refractivity contribution in [1.82, 2.24) is 36.8 Å². The fourth-order valence-electron chi connectivity index (χ4n) is 23.3. The standard InChI is InChI=1S/C30H36N2O3S.2C29H34N2O3S.C28H32N2O3S/c1-22-9-8-11-26(19-22)24-13-15-25(16-14-24)30-27-20-31(17-6-7-18-32(27)28(30)21-35-3)36(33,34)29-12-5-4-10-23(29)2;1-21-8-7-10-25(18-21)23-12-14-24(15-13-23)29-26-19-30(16-5-6-17-31(26)27(29)20-32)35(33,34)28-11-4-3-9-22(28)2;1-22-10-6-7-13-28(22)35(32,33)30-18-8-9-19-31-26(20-30)29(27(31)21-34-2)25-16-14-24(15-17-25)23-11-4-3-5-12-23;1-21-9-5-6-12-27(21)34(32,33)29-17-7-8-18-30-25(19-29)28(26(30)20-31)24-15-13-23(14-16-24)22-10-3-2-4-11-22/h4-5,8-16,19,27-28,30H,6-7,17-18,20-21H2,1-3H3;3-4,7-15,18,26-27,29,32H,5-6,16-17,19-20H2,1-2H3;3-7,10-17,26-27,29H,8-9,18-21H2,1-2H3;2-6,9-16,25-26,28,31H,7-8,17-20H2,1H3/t27-,28+,30-;2*26-,27+,29-;25-,26+,28-/m0000/s1. The highest BCUT2D eigenvalue weighted by Crippen LogP contribution is 2.49. The summed E-state index contributed by atoms with van der Waals surface area (Å²) >= 11 is 0. The van der Waals surface area contributed by atoms with E-state index in [9.17, 15) is 43.9 Å². The summed E-state index contributed by atoms with van der Waals surface area (Å²) in [6, 6.07) is 102. The monoisotopic (exact) mass is 1960 g/mol. The molecule has 0 amide bonds. The van der Waals surface area contributed by atoms with Crippen LogP contribution in [-0.4, -0.2) is 248 Å². The van der Waals surface area contributed by atoms with Crippen LogP contribution in [0.1, 0.15) is 131 Å². The van der Waals surface area contributed by atoms with Crippen molar-refractivity contribution >= 4 is 40.1 Å². The Labute approximate surface area is 831 Å². The van der Waals surface area contributed by atoms with E-state index in [1.807, 2.05) is 113 Å². The Hall–Kier alpha value is -10.0. The predicted octanol–water partition coefficient (Wildman–Crippen LogP) is 19.0. The molecule has 24 heteroatoms. The highest BCUT2D eigenvalue weighted by atomic mass is 32.2. The number of hydrogen-bond acceptors (Lipinski definition) is 16. The number of rotatable bonds is 22. The second kappa shape index (κ2) is 45.3. The zero-order valence-corrected chi connectivity index (χ0v) is 85.2. The molecule has 12 aromatic rings. The topological polar surface area (TPSA) is 221 Å². The summed E-state index contributed by atoms with van der Waals surface area (Å²) in [5.41, 5.74) is 19.9. The van der Waals surface area contributed by atoms with Crippen LogP contribution in [0.4, 0.5) is 0 Å². The number of aryl methyl sites for hydroxylation is 6. The quantitative estimate of drug-likeness (QED) is 0.0644. The Morgan fingerprint density at radius 2 is 0.464 bits per heavy atom. The van der Waals surface area contributed by atoms with Gasteiger partial charge in [0, 0.05) is 139 Å². The SMILES string of the molecule is COC[C@@H]1[C@@H](c2ccc(-c3cccc(C)c3)cc2)[C@@H]2CN(S(=O)(=O)c3ccccc3C)CCCCN12.COC[C@@H]1[C@@H](c2ccc(-c3ccccc3)cc2)[C@@H]2CN(S(=O)(=O)c3ccccc3C)CCCCN12.Cc1cccc(-c2ccc([C@@H]3[C@@H](CO)N4CCCCN(S(=O)(=O)c5ccccc5C)C[C@@H]34)cc2)c1.Cc1ccccc1S(=O)(=O)N1CCCCN2[C@H](CO)[C@@H](c3ccc(-c4ccccc4)cc3)[C@@H]2C1. The molecule has 8 aliphatic heterocycles. The number of nitrogens with zero attached hydrogens (tertiary/aromatic N) is 8. The van der Waals surface area contributed by atoms with Crippen molar-refractivity contribution in [2.45, 2.75) is 184 Å².